The molecule has 1 amide bonds. The first-order valence-corrected chi connectivity index (χ1v) is 7.77. The first-order chi connectivity index (χ1) is 11.3. The van der Waals surface area contributed by atoms with Crippen LogP contribution < -0.4 is 10.6 Å². The standard InChI is InChI=1S/C16H16F3N3O2/c1-8-2-11(16(17,18)19)10-3-12(24-14(10)22-8)13(23)20-7-15-4-9(5-15)6-21-15/h2-3,9,21H,4-7H2,1H3,(H,20,23). The Morgan fingerprint density at radius 2 is 2.21 bits per heavy atom. The third kappa shape index (κ3) is 2.45. The van der Waals surface area contributed by atoms with E-state index in [4.69, 9.17) is 4.42 Å². The van der Waals surface area contributed by atoms with Crippen LogP contribution in [0.2, 0.25) is 0 Å². The average molecular weight is 339 g/mol. The molecule has 0 unspecified atom stereocenters. The Morgan fingerprint density at radius 3 is 2.83 bits per heavy atom. The van der Waals surface area contributed by atoms with Crippen LogP contribution in [-0.2, 0) is 6.18 Å². The van der Waals surface area contributed by atoms with Crippen LogP contribution in [0.25, 0.3) is 11.1 Å². The number of pyridine rings is 1. The molecule has 4 heterocycles. The number of alkyl halides is 3. The summed E-state index contributed by atoms with van der Waals surface area (Å²) in [6.45, 7) is 2.85. The molecule has 3 aliphatic rings. The molecule has 3 fully saturated rings. The summed E-state index contributed by atoms with van der Waals surface area (Å²) >= 11 is 0. The zero-order chi connectivity index (χ0) is 17.1. The van der Waals surface area contributed by atoms with E-state index in [9.17, 15) is 18.0 Å². The largest absolute Gasteiger partial charge is 0.433 e. The lowest BCUT2D eigenvalue weighted by Gasteiger charge is -2.37. The maximum absolute atomic E-state index is 13.1. The number of fused-ring (bicyclic) bond motifs is 2. The molecule has 1 aliphatic carbocycles. The summed E-state index contributed by atoms with van der Waals surface area (Å²) in [6.07, 6.45) is -2.49. The highest BCUT2D eigenvalue weighted by molar-refractivity contribution is 5.96. The van der Waals surface area contributed by atoms with Crippen molar-refractivity contribution >= 4 is 17.0 Å². The van der Waals surface area contributed by atoms with E-state index < -0.39 is 17.6 Å². The number of aryl methyl sites for hydroxylation is 1. The van der Waals surface area contributed by atoms with Gasteiger partial charge in [-0.25, -0.2) is 4.98 Å². The van der Waals surface area contributed by atoms with Gasteiger partial charge in [0.2, 0.25) is 5.71 Å². The monoisotopic (exact) mass is 339 g/mol. The summed E-state index contributed by atoms with van der Waals surface area (Å²) in [6, 6.07) is 2.07. The lowest BCUT2D eigenvalue weighted by molar-refractivity contribution is -0.136. The van der Waals surface area contributed by atoms with E-state index in [1.54, 1.807) is 0 Å². The van der Waals surface area contributed by atoms with Crippen molar-refractivity contribution in [1.82, 2.24) is 15.6 Å². The summed E-state index contributed by atoms with van der Waals surface area (Å²) in [4.78, 5) is 16.2. The summed E-state index contributed by atoms with van der Waals surface area (Å²) < 4.78 is 44.7. The number of aromatic nitrogens is 1. The van der Waals surface area contributed by atoms with Crippen LogP contribution in [0.1, 0.15) is 34.7 Å². The number of rotatable bonds is 3. The van der Waals surface area contributed by atoms with Gasteiger partial charge in [0, 0.05) is 17.8 Å². The van der Waals surface area contributed by atoms with Gasteiger partial charge in [0.1, 0.15) is 0 Å². The number of amides is 1. The highest BCUT2D eigenvalue weighted by atomic mass is 19.4. The minimum atomic E-state index is -4.53. The van der Waals surface area contributed by atoms with Gasteiger partial charge in [-0.05, 0) is 44.4 Å². The minimum Gasteiger partial charge on any atom is -0.433 e. The van der Waals surface area contributed by atoms with Gasteiger partial charge in [0.05, 0.1) is 10.9 Å². The van der Waals surface area contributed by atoms with E-state index in [2.05, 4.69) is 15.6 Å². The van der Waals surface area contributed by atoms with Gasteiger partial charge in [-0.2, -0.15) is 13.2 Å². The predicted molar refractivity (Wildman–Crippen MR) is 79.5 cm³/mol. The van der Waals surface area contributed by atoms with Gasteiger partial charge in [0.15, 0.2) is 5.76 Å². The molecular weight excluding hydrogens is 323 g/mol. The van der Waals surface area contributed by atoms with Crippen LogP contribution in [0.3, 0.4) is 0 Å². The predicted octanol–water partition coefficient (Wildman–Crippen LogP) is 2.64. The third-order valence-corrected chi connectivity index (χ3v) is 4.87. The highest BCUT2D eigenvalue weighted by Crippen LogP contribution is 2.43. The SMILES string of the molecule is Cc1cc(C(F)(F)F)c2cc(C(=O)NCC34CC(CN3)C4)oc2n1. The molecule has 2 aliphatic heterocycles. The molecule has 2 N–H and O–H groups in total. The molecule has 1 saturated carbocycles. The number of carbonyl (C=O) groups is 1. The summed E-state index contributed by atoms with van der Waals surface area (Å²) in [5, 5.41) is 5.92. The molecule has 2 bridgehead atoms. The topological polar surface area (TPSA) is 67.2 Å². The van der Waals surface area contributed by atoms with Crippen LogP contribution in [0.5, 0.6) is 0 Å². The smallest absolute Gasteiger partial charge is 0.417 e. The summed E-state index contributed by atoms with van der Waals surface area (Å²) in [7, 11) is 0. The molecule has 24 heavy (non-hydrogen) atoms. The molecule has 5 nitrogen and oxygen atoms in total. The molecular formula is C16H16F3N3O2. The molecule has 128 valence electrons. The number of nitrogens with one attached hydrogen (secondary N) is 2. The number of halogens is 3. The molecule has 8 heteroatoms. The molecule has 0 radical (unpaired) electrons. The van der Waals surface area contributed by atoms with Crippen LogP contribution in [0.15, 0.2) is 16.5 Å². The summed E-state index contributed by atoms with van der Waals surface area (Å²) in [5.74, 6) is -0.00112. The Labute approximate surface area is 135 Å². The first kappa shape index (κ1) is 15.4. The Bertz CT molecular complexity index is 816. The quantitative estimate of drug-likeness (QED) is 0.902. The van der Waals surface area contributed by atoms with E-state index in [0.29, 0.717) is 12.5 Å². The van der Waals surface area contributed by atoms with Crippen molar-refractivity contribution in [3.05, 3.63) is 29.2 Å². The second-order valence-electron chi connectivity index (χ2n) is 6.76. The maximum Gasteiger partial charge on any atom is 0.417 e. The highest BCUT2D eigenvalue weighted by Gasteiger charge is 2.50. The molecule has 0 spiro atoms. The normalized spacial score (nSPS) is 25.8. The fraction of sp³-hybridized carbons (Fsp3) is 0.500. The fourth-order valence-corrected chi connectivity index (χ4v) is 3.72. The van der Waals surface area contributed by atoms with Crippen molar-refractivity contribution in [3.63, 3.8) is 0 Å². The number of hydrogen-bond donors (Lipinski definition) is 2. The Balaban J connectivity index is 1.59. The van der Waals surface area contributed by atoms with Gasteiger partial charge < -0.3 is 15.1 Å². The Hall–Kier alpha value is -2.09. The first-order valence-electron chi connectivity index (χ1n) is 7.77. The van der Waals surface area contributed by atoms with Gasteiger partial charge in [-0.1, -0.05) is 0 Å². The van der Waals surface area contributed by atoms with Crippen molar-refractivity contribution < 1.29 is 22.4 Å². The van der Waals surface area contributed by atoms with Crippen molar-refractivity contribution in [3.8, 4) is 0 Å². The Morgan fingerprint density at radius 1 is 1.46 bits per heavy atom. The lowest BCUT2D eigenvalue weighted by Crippen LogP contribution is -2.52. The zero-order valence-corrected chi connectivity index (χ0v) is 13.0. The van der Waals surface area contributed by atoms with E-state index >= 15 is 0 Å². The van der Waals surface area contributed by atoms with Crippen molar-refractivity contribution in [2.75, 3.05) is 13.1 Å². The van der Waals surface area contributed by atoms with E-state index in [1.807, 2.05) is 0 Å². The van der Waals surface area contributed by atoms with E-state index in [0.717, 1.165) is 31.5 Å². The molecule has 5 rings (SSSR count). The Kier molecular flexibility index (Phi) is 3.19. The lowest BCUT2D eigenvalue weighted by atomic mass is 9.73. The molecule has 0 aromatic carbocycles. The van der Waals surface area contributed by atoms with Crippen molar-refractivity contribution in [2.45, 2.75) is 31.5 Å². The number of furan rings is 1. The van der Waals surface area contributed by atoms with Crippen LogP contribution in [0, 0.1) is 12.8 Å². The number of nitrogens with zero attached hydrogens (tertiary/aromatic N) is 1. The zero-order valence-electron chi connectivity index (χ0n) is 13.0. The maximum atomic E-state index is 13.1. The van der Waals surface area contributed by atoms with Gasteiger partial charge >= 0.3 is 6.18 Å². The second kappa shape index (κ2) is 4.95. The second-order valence-corrected chi connectivity index (χ2v) is 6.76. The molecule has 2 saturated heterocycles. The van der Waals surface area contributed by atoms with Crippen LogP contribution in [0.4, 0.5) is 13.2 Å². The van der Waals surface area contributed by atoms with Crippen LogP contribution in [-0.4, -0.2) is 29.5 Å². The third-order valence-electron chi connectivity index (χ3n) is 4.87. The molecule has 0 atom stereocenters. The minimum absolute atomic E-state index is 0.0572. The van der Waals surface area contributed by atoms with Gasteiger partial charge in [0.25, 0.3) is 5.91 Å². The van der Waals surface area contributed by atoms with Crippen LogP contribution >= 0.6 is 0 Å². The van der Waals surface area contributed by atoms with E-state index in [-0.39, 0.29) is 28.1 Å². The molecule has 2 aromatic heterocycles. The summed E-state index contributed by atoms with van der Waals surface area (Å²) in [5.41, 5.74) is -0.886. The number of hydrogen-bond acceptors (Lipinski definition) is 4. The van der Waals surface area contributed by atoms with Gasteiger partial charge in [-0.15, -0.1) is 0 Å². The van der Waals surface area contributed by atoms with E-state index in [1.165, 1.54) is 6.92 Å². The fourth-order valence-electron chi connectivity index (χ4n) is 3.72. The van der Waals surface area contributed by atoms with Crippen molar-refractivity contribution in [1.29, 1.82) is 0 Å². The number of carbonyl (C=O) groups excluding carboxylic acids is 1. The average Bonchev–Trinajstić information content (AvgIpc) is 3.15. The van der Waals surface area contributed by atoms with Crippen molar-refractivity contribution in [2.24, 2.45) is 5.92 Å². The van der Waals surface area contributed by atoms with Gasteiger partial charge in [-0.3, -0.25) is 4.79 Å². The molecule has 2 aromatic rings.